The summed E-state index contributed by atoms with van der Waals surface area (Å²) < 4.78 is 5.82. The number of ether oxygens (including phenoxy) is 1. The van der Waals surface area contributed by atoms with Crippen LogP contribution in [0.1, 0.15) is 12.0 Å². The fourth-order valence-electron chi connectivity index (χ4n) is 2.11. The van der Waals surface area contributed by atoms with Crippen molar-refractivity contribution in [3.8, 4) is 5.75 Å². The molecule has 1 N–H and O–H groups in total. The maximum Gasteiger partial charge on any atom is 0.328 e. The van der Waals surface area contributed by atoms with Gasteiger partial charge in [-0.1, -0.05) is 30.3 Å². The fraction of sp³-hybridized carbons (Fsp3) is 0.235. The molecule has 0 amide bonds. The molecule has 0 atom stereocenters. The molecule has 0 aliphatic rings. The third-order valence-corrected chi connectivity index (χ3v) is 3.77. The van der Waals surface area contributed by atoms with E-state index in [0.29, 0.717) is 6.61 Å². The zero-order chi connectivity index (χ0) is 15.1. The van der Waals surface area contributed by atoms with E-state index in [1.54, 1.807) is 17.8 Å². The molecule has 0 bridgehead atoms. The number of hydrogen-bond donors (Lipinski definition) is 1. The summed E-state index contributed by atoms with van der Waals surface area (Å²) in [5, 5.41) is 10.9. The second kappa shape index (κ2) is 7.74. The van der Waals surface area contributed by atoms with Crippen LogP contribution in [-0.2, 0) is 4.79 Å². The Morgan fingerprint density at radius 1 is 1.29 bits per heavy atom. The van der Waals surface area contributed by atoms with Gasteiger partial charge in [-0.25, -0.2) is 4.79 Å². The van der Waals surface area contributed by atoms with Crippen molar-refractivity contribution in [2.75, 3.05) is 18.6 Å². The number of carboxylic acids is 1. The minimum atomic E-state index is -0.962. The van der Waals surface area contributed by atoms with E-state index in [9.17, 15) is 4.79 Å². The van der Waals surface area contributed by atoms with Crippen LogP contribution in [0.5, 0.6) is 5.75 Å². The average Bonchev–Trinajstić information content (AvgIpc) is 2.49. The molecule has 21 heavy (non-hydrogen) atoms. The molecule has 0 aliphatic carbocycles. The lowest BCUT2D eigenvalue weighted by Crippen LogP contribution is -2.00. The molecule has 4 heteroatoms. The Balaban J connectivity index is 2.34. The Bertz CT molecular complexity index is 650. The molecule has 0 unspecified atom stereocenters. The molecule has 0 saturated carbocycles. The first-order valence-corrected chi connectivity index (χ1v) is 8.16. The highest BCUT2D eigenvalue weighted by Crippen LogP contribution is 2.29. The number of fused-ring (bicyclic) bond motifs is 1. The second-order valence-electron chi connectivity index (χ2n) is 4.56. The molecule has 0 saturated heterocycles. The Morgan fingerprint density at radius 3 is 2.86 bits per heavy atom. The molecular weight excluding hydrogens is 284 g/mol. The summed E-state index contributed by atoms with van der Waals surface area (Å²) in [6.45, 7) is 0.632. The highest BCUT2D eigenvalue weighted by atomic mass is 32.2. The van der Waals surface area contributed by atoms with Crippen LogP contribution in [0.25, 0.3) is 16.8 Å². The average molecular weight is 302 g/mol. The van der Waals surface area contributed by atoms with Gasteiger partial charge in [-0.05, 0) is 41.3 Å². The van der Waals surface area contributed by atoms with Gasteiger partial charge in [0.2, 0.25) is 0 Å². The Labute approximate surface area is 128 Å². The van der Waals surface area contributed by atoms with Crippen molar-refractivity contribution in [3.05, 3.63) is 48.0 Å². The fourth-order valence-corrected chi connectivity index (χ4v) is 2.52. The van der Waals surface area contributed by atoms with Gasteiger partial charge in [0, 0.05) is 11.6 Å². The van der Waals surface area contributed by atoms with Crippen LogP contribution in [0.2, 0.25) is 0 Å². The normalized spacial score (nSPS) is 11.1. The van der Waals surface area contributed by atoms with E-state index in [-0.39, 0.29) is 0 Å². The highest BCUT2D eigenvalue weighted by Gasteiger charge is 2.06. The Morgan fingerprint density at radius 2 is 2.10 bits per heavy atom. The van der Waals surface area contributed by atoms with Gasteiger partial charge in [-0.15, -0.1) is 0 Å². The summed E-state index contributed by atoms with van der Waals surface area (Å²) in [5.41, 5.74) is 0.819. The molecule has 110 valence electrons. The molecule has 3 nitrogen and oxygen atoms in total. The van der Waals surface area contributed by atoms with Crippen LogP contribution >= 0.6 is 11.8 Å². The number of carboxylic acid groups (broad SMARTS) is 1. The molecule has 0 fully saturated rings. The maximum absolute atomic E-state index is 10.8. The third kappa shape index (κ3) is 4.26. The van der Waals surface area contributed by atoms with Crippen molar-refractivity contribution in [1.82, 2.24) is 0 Å². The highest BCUT2D eigenvalue weighted by molar-refractivity contribution is 7.98. The summed E-state index contributed by atoms with van der Waals surface area (Å²) in [4.78, 5) is 10.8. The van der Waals surface area contributed by atoms with Gasteiger partial charge in [-0.2, -0.15) is 11.8 Å². The van der Waals surface area contributed by atoms with Crippen molar-refractivity contribution in [2.45, 2.75) is 6.42 Å². The van der Waals surface area contributed by atoms with E-state index in [2.05, 4.69) is 6.26 Å². The van der Waals surface area contributed by atoms with Gasteiger partial charge in [0.25, 0.3) is 0 Å². The van der Waals surface area contributed by atoms with E-state index in [1.807, 2.05) is 36.4 Å². The summed E-state index contributed by atoms with van der Waals surface area (Å²) in [6.07, 6.45) is 5.79. The Kier molecular flexibility index (Phi) is 5.69. The summed E-state index contributed by atoms with van der Waals surface area (Å²) >= 11 is 1.79. The van der Waals surface area contributed by atoms with Crippen LogP contribution in [0, 0.1) is 0 Å². The number of benzene rings is 2. The predicted molar refractivity (Wildman–Crippen MR) is 89.1 cm³/mol. The van der Waals surface area contributed by atoms with E-state index >= 15 is 0 Å². The lowest BCUT2D eigenvalue weighted by Gasteiger charge is -2.11. The molecule has 0 heterocycles. The molecule has 0 aromatic heterocycles. The lowest BCUT2D eigenvalue weighted by molar-refractivity contribution is -0.131. The van der Waals surface area contributed by atoms with Gasteiger partial charge >= 0.3 is 5.97 Å². The first kappa shape index (κ1) is 15.4. The van der Waals surface area contributed by atoms with Gasteiger partial charge in [-0.3, -0.25) is 0 Å². The standard InChI is InChI=1S/C17H18O3S/c1-21-12-4-11-20-16-9-7-13-5-2-3-6-14(13)15(16)8-10-17(18)19/h2-3,5-10H,4,11-12H2,1H3,(H,18,19)/b10-8+. The maximum atomic E-state index is 10.8. The molecule has 0 aliphatic heterocycles. The second-order valence-corrected chi connectivity index (χ2v) is 5.55. The van der Waals surface area contributed by atoms with Crippen molar-refractivity contribution in [3.63, 3.8) is 0 Å². The molecule has 2 aromatic rings. The zero-order valence-corrected chi connectivity index (χ0v) is 12.7. The number of carbonyl (C=O) groups is 1. The SMILES string of the molecule is CSCCCOc1ccc2ccccc2c1/C=C/C(=O)O. The Hall–Kier alpha value is -1.94. The minimum Gasteiger partial charge on any atom is -0.493 e. The quantitative estimate of drug-likeness (QED) is 0.618. The van der Waals surface area contributed by atoms with Gasteiger partial charge in [0.05, 0.1) is 6.61 Å². The number of rotatable bonds is 7. The molecular formula is C17H18O3S. The van der Waals surface area contributed by atoms with Gasteiger partial charge in [0.1, 0.15) is 5.75 Å². The topological polar surface area (TPSA) is 46.5 Å². The van der Waals surface area contributed by atoms with Crippen molar-refractivity contribution in [2.24, 2.45) is 0 Å². The van der Waals surface area contributed by atoms with Crippen molar-refractivity contribution >= 4 is 34.6 Å². The lowest BCUT2D eigenvalue weighted by atomic mass is 10.0. The summed E-state index contributed by atoms with van der Waals surface area (Å²) in [7, 11) is 0. The van der Waals surface area contributed by atoms with Crippen LogP contribution in [0.4, 0.5) is 0 Å². The van der Waals surface area contributed by atoms with E-state index in [4.69, 9.17) is 9.84 Å². The van der Waals surface area contributed by atoms with E-state index in [0.717, 1.165) is 40.3 Å². The zero-order valence-electron chi connectivity index (χ0n) is 11.9. The molecule has 2 aromatic carbocycles. The van der Waals surface area contributed by atoms with Crippen LogP contribution < -0.4 is 4.74 Å². The largest absolute Gasteiger partial charge is 0.493 e. The summed E-state index contributed by atoms with van der Waals surface area (Å²) in [5.74, 6) is 0.817. The number of thioether (sulfide) groups is 1. The van der Waals surface area contributed by atoms with Crippen LogP contribution in [0.15, 0.2) is 42.5 Å². The molecule has 2 rings (SSSR count). The molecule has 0 radical (unpaired) electrons. The monoisotopic (exact) mass is 302 g/mol. The van der Waals surface area contributed by atoms with Crippen LogP contribution in [0.3, 0.4) is 0 Å². The summed E-state index contributed by atoms with van der Waals surface area (Å²) in [6, 6.07) is 11.8. The first-order chi connectivity index (χ1) is 10.2. The van der Waals surface area contributed by atoms with Crippen molar-refractivity contribution < 1.29 is 14.6 Å². The number of hydrogen-bond acceptors (Lipinski definition) is 3. The first-order valence-electron chi connectivity index (χ1n) is 6.77. The van der Waals surface area contributed by atoms with Crippen molar-refractivity contribution in [1.29, 1.82) is 0 Å². The predicted octanol–water partition coefficient (Wildman–Crippen LogP) is 4.07. The minimum absolute atomic E-state index is 0.632. The van der Waals surface area contributed by atoms with E-state index < -0.39 is 5.97 Å². The third-order valence-electron chi connectivity index (χ3n) is 3.07. The van der Waals surface area contributed by atoms with Crippen LogP contribution in [-0.4, -0.2) is 29.7 Å². The van der Waals surface area contributed by atoms with Gasteiger partial charge in [0.15, 0.2) is 0 Å². The smallest absolute Gasteiger partial charge is 0.328 e. The van der Waals surface area contributed by atoms with Gasteiger partial charge < -0.3 is 9.84 Å². The number of aliphatic carboxylic acids is 1. The van der Waals surface area contributed by atoms with E-state index in [1.165, 1.54) is 0 Å². The molecule has 0 spiro atoms.